The molecule has 20 heavy (non-hydrogen) atoms. The van der Waals surface area contributed by atoms with Gasteiger partial charge in [0.15, 0.2) is 0 Å². The van der Waals surface area contributed by atoms with Crippen LogP contribution in [0.4, 0.5) is 0 Å². The van der Waals surface area contributed by atoms with Crippen LogP contribution >= 0.6 is 11.8 Å². The van der Waals surface area contributed by atoms with E-state index < -0.39 is 0 Å². The van der Waals surface area contributed by atoms with E-state index in [2.05, 4.69) is 54.9 Å². The Morgan fingerprint density at radius 1 is 1.15 bits per heavy atom. The van der Waals surface area contributed by atoms with Gasteiger partial charge in [0.25, 0.3) is 0 Å². The maximum atomic E-state index is 5.24. The van der Waals surface area contributed by atoms with E-state index in [0.717, 1.165) is 12.3 Å². The molecule has 3 heteroatoms. The molecule has 0 bridgehead atoms. The first-order valence-corrected chi connectivity index (χ1v) is 7.95. The second-order valence-corrected chi connectivity index (χ2v) is 5.61. The molecule has 2 aromatic carbocycles. The lowest BCUT2D eigenvalue weighted by Gasteiger charge is -2.15. The quantitative estimate of drug-likeness (QED) is 0.802. The molecule has 0 saturated heterocycles. The van der Waals surface area contributed by atoms with E-state index in [-0.39, 0.29) is 0 Å². The molecule has 1 unspecified atom stereocenters. The van der Waals surface area contributed by atoms with Crippen LogP contribution in [0.3, 0.4) is 0 Å². The predicted molar refractivity (Wildman–Crippen MR) is 86.5 cm³/mol. The molecule has 1 N–H and O–H groups in total. The van der Waals surface area contributed by atoms with Gasteiger partial charge >= 0.3 is 0 Å². The van der Waals surface area contributed by atoms with Crippen LogP contribution in [0.1, 0.15) is 24.1 Å². The Morgan fingerprint density at radius 3 is 2.55 bits per heavy atom. The maximum absolute atomic E-state index is 5.24. The van der Waals surface area contributed by atoms with Gasteiger partial charge < -0.3 is 10.1 Å². The first-order valence-electron chi connectivity index (χ1n) is 6.73. The fourth-order valence-corrected chi connectivity index (χ4v) is 2.47. The van der Waals surface area contributed by atoms with Crippen molar-refractivity contribution in [1.82, 2.24) is 5.32 Å². The molecule has 0 fully saturated rings. The van der Waals surface area contributed by atoms with Crippen LogP contribution in [0.15, 0.2) is 53.4 Å². The van der Waals surface area contributed by atoms with Gasteiger partial charge in [-0.3, -0.25) is 0 Å². The molecule has 0 aliphatic heterocycles. The Hall–Kier alpha value is -1.45. The van der Waals surface area contributed by atoms with Gasteiger partial charge in [0.2, 0.25) is 0 Å². The van der Waals surface area contributed by atoms with Gasteiger partial charge in [-0.25, -0.2) is 0 Å². The lowest BCUT2D eigenvalue weighted by molar-refractivity contribution is 0.414. The van der Waals surface area contributed by atoms with E-state index in [9.17, 15) is 0 Å². The monoisotopic (exact) mass is 287 g/mol. The Labute approximate surface area is 125 Å². The highest BCUT2D eigenvalue weighted by Crippen LogP contribution is 2.19. The lowest BCUT2D eigenvalue weighted by Crippen LogP contribution is -2.18. The molecule has 0 saturated carbocycles. The van der Waals surface area contributed by atoms with Gasteiger partial charge in [0.1, 0.15) is 5.75 Å². The van der Waals surface area contributed by atoms with Crippen molar-refractivity contribution in [2.24, 2.45) is 0 Å². The van der Waals surface area contributed by atoms with E-state index in [1.807, 2.05) is 12.1 Å². The zero-order valence-corrected chi connectivity index (χ0v) is 13.0. The normalized spacial score (nSPS) is 12.2. The van der Waals surface area contributed by atoms with Gasteiger partial charge in [-0.15, -0.1) is 11.8 Å². The lowest BCUT2D eigenvalue weighted by atomic mass is 10.1. The van der Waals surface area contributed by atoms with Crippen LogP contribution in [0.25, 0.3) is 0 Å². The van der Waals surface area contributed by atoms with Crippen molar-refractivity contribution in [3.05, 3.63) is 59.7 Å². The van der Waals surface area contributed by atoms with Crippen LogP contribution in [-0.4, -0.2) is 13.4 Å². The fraction of sp³-hybridized carbons (Fsp3) is 0.294. The van der Waals surface area contributed by atoms with Crippen LogP contribution in [0.5, 0.6) is 5.75 Å². The Bertz CT molecular complexity index is 539. The third-order valence-corrected chi connectivity index (χ3v) is 4.11. The van der Waals surface area contributed by atoms with Crippen molar-refractivity contribution in [1.29, 1.82) is 0 Å². The molecule has 2 nitrogen and oxygen atoms in total. The SMILES string of the molecule is COc1cccc(CNC(C)c2ccc(SC)cc2)c1. The number of ether oxygens (including phenoxy) is 1. The highest BCUT2D eigenvalue weighted by Gasteiger charge is 2.05. The molecule has 0 aliphatic rings. The van der Waals surface area contributed by atoms with E-state index in [0.29, 0.717) is 6.04 Å². The average molecular weight is 287 g/mol. The number of benzene rings is 2. The summed E-state index contributed by atoms with van der Waals surface area (Å²) in [6, 6.07) is 17.2. The summed E-state index contributed by atoms with van der Waals surface area (Å²) in [6.45, 7) is 3.02. The molecule has 0 heterocycles. The van der Waals surface area contributed by atoms with Gasteiger partial charge in [-0.1, -0.05) is 24.3 Å². The van der Waals surface area contributed by atoms with Gasteiger partial charge in [0, 0.05) is 17.5 Å². The maximum Gasteiger partial charge on any atom is 0.119 e. The molecule has 0 radical (unpaired) electrons. The molecule has 106 valence electrons. The van der Waals surface area contributed by atoms with Crippen molar-refractivity contribution in [2.75, 3.05) is 13.4 Å². The highest BCUT2D eigenvalue weighted by atomic mass is 32.2. The standard InChI is InChI=1S/C17H21NOS/c1-13(15-7-9-17(20-3)10-8-15)18-12-14-5-4-6-16(11-14)19-2/h4-11,13,18H,12H2,1-3H3. The molecule has 0 spiro atoms. The minimum absolute atomic E-state index is 0.331. The van der Waals surface area contributed by atoms with Crippen molar-refractivity contribution in [2.45, 2.75) is 24.4 Å². The second kappa shape index (κ2) is 7.36. The zero-order valence-electron chi connectivity index (χ0n) is 12.2. The summed E-state index contributed by atoms with van der Waals surface area (Å²) in [4.78, 5) is 1.30. The fourth-order valence-electron chi connectivity index (χ4n) is 2.06. The molecule has 0 amide bonds. The van der Waals surface area contributed by atoms with E-state index in [1.54, 1.807) is 18.9 Å². The Balaban J connectivity index is 1.95. The van der Waals surface area contributed by atoms with E-state index in [1.165, 1.54) is 16.0 Å². The predicted octanol–water partition coefficient (Wildman–Crippen LogP) is 4.27. The molecule has 0 aliphatic carbocycles. The van der Waals surface area contributed by atoms with Crippen LogP contribution < -0.4 is 10.1 Å². The van der Waals surface area contributed by atoms with E-state index in [4.69, 9.17) is 4.74 Å². The first-order chi connectivity index (χ1) is 9.72. The van der Waals surface area contributed by atoms with Crippen molar-refractivity contribution in [3.8, 4) is 5.75 Å². The third-order valence-electron chi connectivity index (χ3n) is 3.36. The van der Waals surface area contributed by atoms with Crippen molar-refractivity contribution in [3.63, 3.8) is 0 Å². The molecule has 1 atom stereocenters. The van der Waals surface area contributed by atoms with Crippen LogP contribution in [-0.2, 0) is 6.54 Å². The number of nitrogens with one attached hydrogen (secondary N) is 1. The first kappa shape index (κ1) is 14.9. The zero-order chi connectivity index (χ0) is 14.4. The largest absolute Gasteiger partial charge is 0.497 e. The average Bonchev–Trinajstić information content (AvgIpc) is 2.53. The number of hydrogen-bond donors (Lipinski definition) is 1. The van der Waals surface area contributed by atoms with E-state index >= 15 is 0 Å². The highest BCUT2D eigenvalue weighted by molar-refractivity contribution is 7.98. The summed E-state index contributed by atoms with van der Waals surface area (Å²) in [5, 5.41) is 3.54. The Kier molecular flexibility index (Phi) is 5.50. The molecular weight excluding hydrogens is 266 g/mol. The minimum Gasteiger partial charge on any atom is -0.497 e. The minimum atomic E-state index is 0.331. The summed E-state index contributed by atoms with van der Waals surface area (Å²) >= 11 is 1.77. The molecule has 2 rings (SSSR count). The van der Waals surface area contributed by atoms with Crippen LogP contribution in [0, 0.1) is 0 Å². The summed E-state index contributed by atoms with van der Waals surface area (Å²) < 4.78 is 5.24. The number of methoxy groups -OCH3 is 1. The molecule has 0 aromatic heterocycles. The summed E-state index contributed by atoms with van der Waals surface area (Å²) in [5.74, 6) is 0.904. The third kappa shape index (κ3) is 4.02. The number of hydrogen-bond acceptors (Lipinski definition) is 3. The second-order valence-electron chi connectivity index (χ2n) is 4.73. The van der Waals surface area contributed by atoms with Gasteiger partial charge in [-0.05, 0) is 48.6 Å². The molecular formula is C17H21NOS. The van der Waals surface area contributed by atoms with Crippen molar-refractivity contribution < 1.29 is 4.74 Å². The topological polar surface area (TPSA) is 21.3 Å². The number of rotatable bonds is 6. The summed E-state index contributed by atoms with van der Waals surface area (Å²) in [5.41, 5.74) is 2.54. The molecule has 2 aromatic rings. The smallest absolute Gasteiger partial charge is 0.119 e. The van der Waals surface area contributed by atoms with Crippen LogP contribution in [0.2, 0.25) is 0 Å². The van der Waals surface area contributed by atoms with Gasteiger partial charge in [-0.2, -0.15) is 0 Å². The summed E-state index contributed by atoms with van der Waals surface area (Å²) in [7, 11) is 1.70. The number of thioether (sulfide) groups is 1. The summed E-state index contributed by atoms with van der Waals surface area (Å²) in [6.07, 6.45) is 2.10. The Morgan fingerprint density at radius 2 is 1.90 bits per heavy atom. The van der Waals surface area contributed by atoms with Gasteiger partial charge in [0.05, 0.1) is 7.11 Å². The van der Waals surface area contributed by atoms with Crippen molar-refractivity contribution >= 4 is 11.8 Å².